The summed E-state index contributed by atoms with van der Waals surface area (Å²) in [7, 11) is 0. The average molecular weight is 149 g/mol. The molecule has 57 valence electrons. The molecule has 0 spiro atoms. The van der Waals surface area contributed by atoms with E-state index in [-0.39, 0.29) is 0 Å². The van der Waals surface area contributed by atoms with Crippen molar-refractivity contribution in [3.63, 3.8) is 0 Å². The van der Waals surface area contributed by atoms with E-state index in [9.17, 15) is 4.79 Å². The van der Waals surface area contributed by atoms with Gasteiger partial charge in [0.05, 0.1) is 0 Å². The summed E-state index contributed by atoms with van der Waals surface area (Å²) in [5, 5.41) is 0. The lowest BCUT2D eigenvalue weighted by Gasteiger charge is -2.05. The van der Waals surface area contributed by atoms with Crippen molar-refractivity contribution in [2.45, 2.75) is 6.04 Å². The minimum atomic E-state index is -0.704. The fraction of sp³-hybridized carbons (Fsp3) is 0.125. The van der Waals surface area contributed by atoms with E-state index in [4.69, 9.17) is 11.5 Å². The number of nitrogens with two attached hydrogens (primary N) is 2. The number of hydrogen-bond donors (Lipinski definition) is 2. The Hall–Kier alpha value is -1.35. The van der Waals surface area contributed by atoms with Crippen molar-refractivity contribution in [3.05, 3.63) is 35.9 Å². The molecule has 0 saturated carbocycles. The molecule has 3 nitrogen and oxygen atoms in total. The van der Waals surface area contributed by atoms with E-state index < -0.39 is 11.9 Å². The highest BCUT2D eigenvalue weighted by atomic mass is 16.1. The third-order valence-corrected chi connectivity index (χ3v) is 1.41. The number of hydrogen-bond acceptors (Lipinski definition) is 2. The molecule has 0 bridgehead atoms. The van der Waals surface area contributed by atoms with Gasteiger partial charge in [0.25, 0.3) is 0 Å². The fourth-order valence-electron chi connectivity index (χ4n) is 0.771. The maximum absolute atomic E-state index is 10.6. The number of carbonyl (C=O) groups is 1. The number of carbonyl (C=O) groups excluding carboxylic acids is 1. The molecule has 1 aromatic carbocycles. The maximum Gasteiger partial charge on any atom is 0.238 e. The average Bonchev–Trinajstić information content (AvgIpc) is 2.05. The van der Waals surface area contributed by atoms with Gasteiger partial charge in [-0.1, -0.05) is 24.3 Å². The first kappa shape index (κ1) is 7.75. The summed E-state index contributed by atoms with van der Waals surface area (Å²) in [5.74, 6) is -0.517. The molecule has 0 aliphatic heterocycles. The van der Waals surface area contributed by atoms with E-state index in [1.807, 2.05) is 0 Å². The number of rotatable bonds is 2. The molecule has 0 aromatic heterocycles. The predicted molar refractivity (Wildman–Crippen MR) is 41.4 cm³/mol. The van der Waals surface area contributed by atoms with E-state index >= 15 is 0 Å². The second-order valence-electron chi connectivity index (χ2n) is 2.21. The van der Waals surface area contributed by atoms with E-state index in [0.29, 0.717) is 0 Å². The van der Waals surface area contributed by atoms with E-state index in [0.717, 1.165) is 5.56 Å². The topological polar surface area (TPSA) is 69.1 Å². The molecule has 0 aliphatic rings. The van der Waals surface area contributed by atoms with Crippen LogP contribution in [0.3, 0.4) is 0 Å². The summed E-state index contributed by atoms with van der Waals surface area (Å²) >= 11 is 0. The Morgan fingerprint density at radius 1 is 1.45 bits per heavy atom. The molecule has 1 radical (unpaired) electrons. The molecule has 1 aromatic rings. The Kier molecular flexibility index (Phi) is 2.23. The fourth-order valence-corrected chi connectivity index (χ4v) is 0.771. The van der Waals surface area contributed by atoms with Crippen LogP contribution in [0.5, 0.6) is 0 Å². The van der Waals surface area contributed by atoms with Gasteiger partial charge in [-0.05, 0) is 11.6 Å². The molecule has 0 fully saturated rings. The zero-order valence-electron chi connectivity index (χ0n) is 5.95. The van der Waals surface area contributed by atoms with Crippen LogP contribution in [-0.2, 0) is 4.79 Å². The molecule has 1 unspecified atom stereocenters. The maximum atomic E-state index is 10.6. The van der Waals surface area contributed by atoms with Crippen LogP contribution in [0.15, 0.2) is 24.3 Å². The number of benzene rings is 1. The third-order valence-electron chi connectivity index (χ3n) is 1.41. The van der Waals surface area contributed by atoms with Crippen molar-refractivity contribution in [1.29, 1.82) is 0 Å². The summed E-state index contributed by atoms with van der Waals surface area (Å²) in [6, 6.07) is 8.94. The van der Waals surface area contributed by atoms with E-state index in [1.165, 1.54) is 0 Å². The standard InChI is InChI=1S/C8H9N2O/c9-7(8(10)11)6-4-2-1-3-5-6/h2-5,7H,9H2,(H2,10,11). The van der Waals surface area contributed by atoms with Gasteiger partial charge in [-0.2, -0.15) is 0 Å². The summed E-state index contributed by atoms with van der Waals surface area (Å²) in [4.78, 5) is 10.6. The molecular formula is C8H9N2O. The van der Waals surface area contributed by atoms with Crippen LogP contribution in [-0.4, -0.2) is 5.91 Å². The highest BCUT2D eigenvalue weighted by Crippen LogP contribution is 2.07. The lowest BCUT2D eigenvalue weighted by molar-refractivity contribution is -0.119. The van der Waals surface area contributed by atoms with Crippen LogP contribution in [0.25, 0.3) is 0 Å². The molecule has 1 rings (SSSR count). The van der Waals surface area contributed by atoms with Gasteiger partial charge in [0.2, 0.25) is 5.91 Å². The Morgan fingerprint density at radius 3 is 2.45 bits per heavy atom. The minimum Gasteiger partial charge on any atom is -0.368 e. The van der Waals surface area contributed by atoms with Gasteiger partial charge in [0, 0.05) is 0 Å². The van der Waals surface area contributed by atoms with Crippen LogP contribution in [0.2, 0.25) is 0 Å². The van der Waals surface area contributed by atoms with Crippen molar-refractivity contribution in [1.82, 2.24) is 0 Å². The quantitative estimate of drug-likeness (QED) is 0.620. The van der Waals surface area contributed by atoms with Gasteiger partial charge in [0.1, 0.15) is 6.04 Å². The first-order valence-electron chi connectivity index (χ1n) is 3.22. The third kappa shape index (κ3) is 1.78. The highest BCUT2D eigenvalue weighted by Gasteiger charge is 2.09. The van der Waals surface area contributed by atoms with Gasteiger partial charge in [0.15, 0.2) is 0 Å². The lowest BCUT2D eigenvalue weighted by Crippen LogP contribution is -2.27. The van der Waals surface area contributed by atoms with Crippen LogP contribution in [0, 0.1) is 6.07 Å². The Balaban J connectivity index is 2.85. The van der Waals surface area contributed by atoms with Crippen molar-refractivity contribution in [2.24, 2.45) is 11.5 Å². The molecule has 1 atom stereocenters. The smallest absolute Gasteiger partial charge is 0.238 e. The Bertz CT molecular complexity index is 246. The monoisotopic (exact) mass is 149 g/mol. The Labute approximate surface area is 65.0 Å². The first-order chi connectivity index (χ1) is 5.22. The lowest BCUT2D eigenvalue weighted by atomic mass is 10.1. The predicted octanol–water partition coefficient (Wildman–Crippen LogP) is -0.0281. The van der Waals surface area contributed by atoms with Crippen molar-refractivity contribution in [2.75, 3.05) is 0 Å². The van der Waals surface area contributed by atoms with E-state index in [1.54, 1.807) is 24.3 Å². The molecular weight excluding hydrogens is 140 g/mol. The van der Waals surface area contributed by atoms with Crippen LogP contribution in [0.1, 0.15) is 11.6 Å². The second-order valence-corrected chi connectivity index (χ2v) is 2.21. The van der Waals surface area contributed by atoms with Gasteiger partial charge in [-0.3, -0.25) is 4.79 Å². The largest absolute Gasteiger partial charge is 0.368 e. The minimum absolute atomic E-state index is 0.517. The molecule has 3 heteroatoms. The van der Waals surface area contributed by atoms with Gasteiger partial charge in [-0.15, -0.1) is 0 Å². The van der Waals surface area contributed by atoms with E-state index in [2.05, 4.69) is 6.07 Å². The molecule has 0 saturated heterocycles. The summed E-state index contributed by atoms with van der Waals surface area (Å²) in [5.41, 5.74) is 11.2. The zero-order chi connectivity index (χ0) is 8.27. The normalized spacial score (nSPS) is 12.5. The molecule has 1 amide bonds. The van der Waals surface area contributed by atoms with Crippen LogP contribution in [0.4, 0.5) is 0 Å². The van der Waals surface area contributed by atoms with Crippen molar-refractivity contribution >= 4 is 5.91 Å². The van der Waals surface area contributed by atoms with Crippen LogP contribution < -0.4 is 11.5 Å². The molecule has 11 heavy (non-hydrogen) atoms. The van der Waals surface area contributed by atoms with Gasteiger partial charge >= 0.3 is 0 Å². The zero-order valence-corrected chi connectivity index (χ0v) is 5.95. The summed E-state index contributed by atoms with van der Waals surface area (Å²) in [6.45, 7) is 0. The second kappa shape index (κ2) is 3.16. The first-order valence-corrected chi connectivity index (χ1v) is 3.22. The van der Waals surface area contributed by atoms with Crippen molar-refractivity contribution < 1.29 is 4.79 Å². The van der Waals surface area contributed by atoms with Crippen LogP contribution >= 0.6 is 0 Å². The molecule has 4 N–H and O–H groups in total. The molecule has 0 heterocycles. The summed E-state index contributed by atoms with van der Waals surface area (Å²) in [6.07, 6.45) is 0. The summed E-state index contributed by atoms with van der Waals surface area (Å²) < 4.78 is 0. The Morgan fingerprint density at radius 2 is 2.00 bits per heavy atom. The SMILES string of the molecule is NC(=O)C(N)c1cc[c]cc1. The number of primary amides is 1. The van der Waals surface area contributed by atoms with Crippen molar-refractivity contribution in [3.8, 4) is 0 Å². The molecule has 0 aliphatic carbocycles. The highest BCUT2D eigenvalue weighted by molar-refractivity contribution is 5.81. The van der Waals surface area contributed by atoms with Gasteiger partial charge in [-0.25, -0.2) is 0 Å². The van der Waals surface area contributed by atoms with Gasteiger partial charge < -0.3 is 11.5 Å². The number of amides is 1.